The third kappa shape index (κ3) is 6.06. The summed E-state index contributed by atoms with van der Waals surface area (Å²) in [6.07, 6.45) is 5.52. The number of fused-ring (bicyclic) bond motifs is 13. The van der Waals surface area contributed by atoms with E-state index >= 15 is 0 Å². The third-order valence-corrected chi connectivity index (χ3v) is 13.0. The summed E-state index contributed by atoms with van der Waals surface area (Å²) in [6.45, 7) is 4.73. The van der Waals surface area contributed by atoms with Crippen LogP contribution in [0.25, 0.3) is 110 Å². The zero-order valence-corrected chi connectivity index (χ0v) is 34.9. The number of benzene rings is 7. The van der Waals surface area contributed by atoms with Crippen LogP contribution in [0.3, 0.4) is 0 Å². The van der Waals surface area contributed by atoms with Crippen LogP contribution in [0.5, 0.6) is 0 Å². The smallest absolute Gasteiger partial charge is 0.160 e. The standard InChI is InChI=1S/C59H40N4/c1-59(2)53-25-13-12-24-48(53)52-32-50-49-31-38(58-62-56(37-15-4-3-5-16-37)34-57(63-58)40-27-29-55(61-36-40)39-17-14-30-60-35-39)26-28-47(49)45-22-9-8-20-43(45)41-18-6-7-19-42(41)44-21-10-11-23-46(44)51(50)33-54(52)59/h3-36H,1-2H3. The molecule has 0 saturated carbocycles. The lowest BCUT2D eigenvalue weighted by molar-refractivity contribution is 0.661. The second-order valence-electron chi connectivity index (χ2n) is 17.0. The molecule has 0 amide bonds. The second kappa shape index (κ2) is 14.5. The summed E-state index contributed by atoms with van der Waals surface area (Å²) < 4.78 is 0. The average molecular weight is 805 g/mol. The summed E-state index contributed by atoms with van der Waals surface area (Å²) in [5.74, 6) is 0.649. The molecule has 1 aliphatic carbocycles. The molecule has 3 heterocycles. The van der Waals surface area contributed by atoms with E-state index in [0.29, 0.717) is 5.82 Å². The van der Waals surface area contributed by atoms with Crippen molar-refractivity contribution in [3.05, 3.63) is 218 Å². The molecule has 0 atom stereocenters. The lowest BCUT2D eigenvalue weighted by Gasteiger charge is -2.22. The first-order valence-electron chi connectivity index (χ1n) is 21.5. The Labute approximate surface area is 365 Å². The summed E-state index contributed by atoms with van der Waals surface area (Å²) >= 11 is 0. The zero-order valence-electron chi connectivity index (χ0n) is 34.9. The summed E-state index contributed by atoms with van der Waals surface area (Å²) in [7, 11) is 0. The molecular weight excluding hydrogens is 765 g/mol. The molecule has 11 aromatic rings. The molecule has 0 unspecified atom stereocenters. The van der Waals surface area contributed by atoms with Gasteiger partial charge in [0.15, 0.2) is 5.82 Å². The quantitative estimate of drug-likeness (QED) is 0.178. The van der Waals surface area contributed by atoms with Crippen molar-refractivity contribution in [3.8, 4) is 56.3 Å². The van der Waals surface area contributed by atoms with Crippen LogP contribution in [-0.4, -0.2) is 19.9 Å². The fraction of sp³-hybridized carbons (Fsp3) is 0.0508. The van der Waals surface area contributed by atoms with Crippen LogP contribution >= 0.6 is 0 Å². The number of aromatic nitrogens is 4. The Balaban J connectivity index is 1.21. The SMILES string of the molecule is CC1(C)c2ccccc2-c2cc3c4cc(-c5nc(-c6ccccc6)cc(-c6ccc(-c7cccnc7)nc6)n5)ccc4c4ccccc4c4ccccc4c4ccccc4c3cc21. The highest BCUT2D eigenvalue weighted by molar-refractivity contribution is 6.27. The molecule has 0 N–H and O–H groups in total. The van der Waals surface area contributed by atoms with Gasteiger partial charge in [-0.1, -0.05) is 153 Å². The Hall–Kier alpha value is -8.08. The van der Waals surface area contributed by atoms with Gasteiger partial charge < -0.3 is 0 Å². The average Bonchev–Trinajstić information content (AvgIpc) is 3.58. The monoisotopic (exact) mass is 804 g/mol. The molecule has 0 bridgehead atoms. The van der Waals surface area contributed by atoms with Crippen LogP contribution in [0.2, 0.25) is 0 Å². The highest BCUT2D eigenvalue weighted by Gasteiger charge is 2.35. The van der Waals surface area contributed by atoms with E-state index in [1.165, 1.54) is 65.3 Å². The van der Waals surface area contributed by atoms with Crippen LogP contribution in [0.4, 0.5) is 0 Å². The lowest BCUT2D eigenvalue weighted by atomic mass is 9.81. The molecule has 4 heteroatoms. The van der Waals surface area contributed by atoms with Crippen LogP contribution in [0.1, 0.15) is 25.0 Å². The van der Waals surface area contributed by atoms with Crippen LogP contribution in [0, 0.1) is 0 Å². The van der Waals surface area contributed by atoms with Gasteiger partial charge in [-0.15, -0.1) is 0 Å². The molecule has 0 radical (unpaired) electrons. The summed E-state index contributed by atoms with van der Waals surface area (Å²) in [6, 6.07) is 67.9. The van der Waals surface area contributed by atoms with Crippen LogP contribution in [0.15, 0.2) is 207 Å². The molecule has 0 aliphatic heterocycles. The zero-order chi connectivity index (χ0) is 42.1. The van der Waals surface area contributed by atoms with Crippen LogP contribution in [-0.2, 0) is 5.41 Å². The molecule has 0 spiro atoms. The first kappa shape index (κ1) is 36.7. The maximum Gasteiger partial charge on any atom is 0.160 e. The number of nitrogens with zero attached hydrogens (tertiary/aromatic N) is 4. The minimum atomic E-state index is -0.173. The molecule has 4 nitrogen and oxygen atoms in total. The molecule has 12 rings (SSSR count). The second-order valence-corrected chi connectivity index (χ2v) is 17.0. The van der Waals surface area contributed by atoms with Gasteiger partial charge in [0, 0.05) is 46.3 Å². The summed E-state index contributed by atoms with van der Waals surface area (Å²) in [4.78, 5) is 19.8. The maximum atomic E-state index is 5.34. The highest BCUT2D eigenvalue weighted by atomic mass is 14.9. The molecule has 296 valence electrons. The molecule has 0 fully saturated rings. The Morgan fingerprint density at radius 2 is 0.857 bits per heavy atom. The van der Waals surface area contributed by atoms with Crippen molar-refractivity contribution in [2.45, 2.75) is 19.3 Å². The lowest BCUT2D eigenvalue weighted by Crippen LogP contribution is -2.14. The van der Waals surface area contributed by atoms with E-state index in [1.807, 2.05) is 36.7 Å². The van der Waals surface area contributed by atoms with Gasteiger partial charge in [0.1, 0.15) is 0 Å². The van der Waals surface area contributed by atoms with Gasteiger partial charge in [-0.2, -0.15) is 0 Å². The van der Waals surface area contributed by atoms with Crippen molar-refractivity contribution in [1.82, 2.24) is 19.9 Å². The first-order valence-corrected chi connectivity index (χ1v) is 21.5. The molecule has 8 aromatic carbocycles. The van der Waals surface area contributed by atoms with E-state index in [-0.39, 0.29) is 5.41 Å². The first-order chi connectivity index (χ1) is 31.0. The summed E-state index contributed by atoms with van der Waals surface area (Å²) in [5, 5.41) is 11.9. The Bertz CT molecular complexity index is 3690. The number of hydrogen-bond donors (Lipinski definition) is 0. The maximum absolute atomic E-state index is 5.34. The molecular formula is C59H40N4. The van der Waals surface area contributed by atoms with Crippen molar-refractivity contribution in [1.29, 1.82) is 0 Å². The number of pyridine rings is 2. The van der Waals surface area contributed by atoms with E-state index in [2.05, 4.69) is 183 Å². The van der Waals surface area contributed by atoms with Gasteiger partial charge in [-0.05, 0) is 125 Å². The van der Waals surface area contributed by atoms with Crippen molar-refractivity contribution >= 4 is 53.9 Å². The van der Waals surface area contributed by atoms with Gasteiger partial charge in [0.2, 0.25) is 0 Å². The molecule has 63 heavy (non-hydrogen) atoms. The van der Waals surface area contributed by atoms with Crippen molar-refractivity contribution < 1.29 is 0 Å². The molecule has 3 aromatic heterocycles. The topological polar surface area (TPSA) is 51.6 Å². The summed E-state index contributed by atoms with van der Waals surface area (Å²) in [5.41, 5.74) is 11.4. The highest BCUT2D eigenvalue weighted by Crippen LogP contribution is 2.51. The Morgan fingerprint density at radius 3 is 1.49 bits per heavy atom. The Morgan fingerprint density at radius 1 is 0.333 bits per heavy atom. The van der Waals surface area contributed by atoms with E-state index in [4.69, 9.17) is 15.0 Å². The number of hydrogen-bond acceptors (Lipinski definition) is 4. The van der Waals surface area contributed by atoms with E-state index < -0.39 is 0 Å². The van der Waals surface area contributed by atoms with Crippen molar-refractivity contribution in [2.75, 3.05) is 0 Å². The fourth-order valence-corrected chi connectivity index (χ4v) is 9.90. The van der Waals surface area contributed by atoms with E-state index in [1.54, 1.807) is 6.20 Å². The van der Waals surface area contributed by atoms with E-state index in [0.717, 1.165) is 50.1 Å². The minimum absolute atomic E-state index is 0.173. The normalized spacial score (nSPS) is 12.7. The van der Waals surface area contributed by atoms with Gasteiger partial charge in [-0.3, -0.25) is 9.97 Å². The third-order valence-electron chi connectivity index (χ3n) is 13.0. The Kier molecular flexibility index (Phi) is 8.48. The molecule has 0 saturated heterocycles. The van der Waals surface area contributed by atoms with Gasteiger partial charge >= 0.3 is 0 Å². The van der Waals surface area contributed by atoms with Crippen LogP contribution < -0.4 is 0 Å². The van der Waals surface area contributed by atoms with E-state index in [9.17, 15) is 0 Å². The predicted molar refractivity (Wildman–Crippen MR) is 262 cm³/mol. The van der Waals surface area contributed by atoms with Gasteiger partial charge in [-0.25, -0.2) is 9.97 Å². The predicted octanol–water partition coefficient (Wildman–Crippen LogP) is 15.1. The number of rotatable bonds is 4. The minimum Gasteiger partial charge on any atom is -0.264 e. The van der Waals surface area contributed by atoms with Gasteiger partial charge in [0.25, 0.3) is 0 Å². The largest absolute Gasteiger partial charge is 0.264 e. The van der Waals surface area contributed by atoms with Gasteiger partial charge in [0.05, 0.1) is 17.1 Å². The fourth-order valence-electron chi connectivity index (χ4n) is 9.90. The van der Waals surface area contributed by atoms with Crippen molar-refractivity contribution in [2.24, 2.45) is 0 Å². The molecule has 1 aliphatic rings. The van der Waals surface area contributed by atoms with Crippen molar-refractivity contribution in [3.63, 3.8) is 0 Å².